The van der Waals surface area contributed by atoms with Gasteiger partial charge in [-0.2, -0.15) is 5.10 Å². The third-order valence-electron chi connectivity index (χ3n) is 7.55. The Kier molecular flexibility index (Phi) is 9.16. The molecule has 0 spiro atoms. The van der Waals surface area contributed by atoms with Crippen LogP contribution in [0.1, 0.15) is 51.5 Å². The smallest absolute Gasteiger partial charge is 0.335 e. The van der Waals surface area contributed by atoms with Crippen molar-refractivity contribution in [2.45, 2.75) is 38.8 Å². The molecule has 2 N–H and O–H groups in total. The zero-order chi connectivity index (χ0) is 28.8. The summed E-state index contributed by atoms with van der Waals surface area (Å²) in [5, 5.41) is 16.8. The number of hydrogen-bond donors (Lipinski definition) is 2. The molecule has 10 heteroatoms. The fourth-order valence-electron chi connectivity index (χ4n) is 5.20. The standard InChI is InChI=1S/C31H33ClFN5O3/c1-21-5-6-24(31(39)40)15-29(21)38(19-22-17-34-35-18-22)14-13-37-11-9-23(10-12-37)28-3-2-4-30(36-28)41-20-25-7-8-26(32)16-27(25)33/h2-8,15-18,23H,9-14,19-20H2,1H3,(H,34,35)(H,39,40). The normalized spacial score (nSPS) is 14.2. The number of H-pyrrole nitrogens is 1. The van der Waals surface area contributed by atoms with Crippen molar-refractivity contribution in [2.24, 2.45) is 0 Å². The first-order valence-corrected chi connectivity index (χ1v) is 14.1. The molecule has 1 aliphatic heterocycles. The summed E-state index contributed by atoms with van der Waals surface area (Å²) in [5.74, 6) is -0.530. The molecule has 0 unspecified atom stereocenters. The first-order chi connectivity index (χ1) is 19.9. The van der Waals surface area contributed by atoms with Crippen molar-refractivity contribution in [1.29, 1.82) is 0 Å². The molecule has 2 aromatic carbocycles. The van der Waals surface area contributed by atoms with E-state index >= 15 is 0 Å². The van der Waals surface area contributed by atoms with Gasteiger partial charge in [0.15, 0.2) is 0 Å². The van der Waals surface area contributed by atoms with Gasteiger partial charge < -0.3 is 19.6 Å². The van der Waals surface area contributed by atoms with Gasteiger partial charge in [-0.1, -0.05) is 29.8 Å². The van der Waals surface area contributed by atoms with Crippen LogP contribution in [-0.4, -0.2) is 57.3 Å². The van der Waals surface area contributed by atoms with Crippen molar-refractivity contribution >= 4 is 23.3 Å². The van der Waals surface area contributed by atoms with Gasteiger partial charge in [-0.25, -0.2) is 14.2 Å². The van der Waals surface area contributed by atoms with Crippen LogP contribution in [0.4, 0.5) is 10.1 Å². The summed E-state index contributed by atoms with van der Waals surface area (Å²) >= 11 is 5.84. The van der Waals surface area contributed by atoms with E-state index in [0.717, 1.165) is 61.5 Å². The molecule has 1 saturated heterocycles. The van der Waals surface area contributed by atoms with Gasteiger partial charge in [0.05, 0.1) is 11.8 Å². The number of aromatic carboxylic acids is 1. The Morgan fingerprint density at radius 1 is 1.20 bits per heavy atom. The summed E-state index contributed by atoms with van der Waals surface area (Å²) in [7, 11) is 0. The second-order valence-corrected chi connectivity index (χ2v) is 10.8. The number of hydrogen-bond acceptors (Lipinski definition) is 6. The molecule has 0 saturated carbocycles. The maximum Gasteiger partial charge on any atom is 0.335 e. The minimum Gasteiger partial charge on any atom is -0.478 e. The number of benzene rings is 2. The zero-order valence-electron chi connectivity index (χ0n) is 22.9. The Morgan fingerprint density at radius 3 is 2.76 bits per heavy atom. The highest BCUT2D eigenvalue weighted by atomic mass is 35.5. The summed E-state index contributed by atoms with van der Waals surface area (Å²) in [4.78, 5) is 21.0. The summed E-state index contributed by atoms with van der Waals surface area (Å²) < 4.78 is 19.9. The SMILES string of the molecule is Cc1ccc(C(=O)O)cc1N(CCN1CCC(c2cccc(OCc3ccc(Cl)cc3F)n2)CC1)Cc1cn[nH]c1. The summed E-state index contributed by atoms with van der Waals surface area (Å²) in [6, 6.07) is 15.6. The van der Waals surface area contributed by atoms with Crippen LogP contribution in [0.25, 0.3) is 0 Å². The zero-order valence-corrected chi connectivity index (χ0v) is 23.6. The van der Waals surface area contributed by atoms with Crippen LogP contribution in [0.5, 0.6) is 5.88 Å². The molecule has 8 nitrogen and oxygen atoms in total. The van der Waals surface area contributed by atoms with Crippen molar-refractivity contribution in [3.05, 3.63) is 106 Å². The van der Waals surface area contributed by atoms with Crippen LogP contribution in [-0.2, 0) is 13.2 Å². The number of rotatable bonds is 11. The van der Waals surface area contributed by atoms with Crippen LogP contribution >= 0.6 is 11.6 Å². The minimum atomic E-state index is -0.934. The highest BCUT2D eigenvalue weighted by molar-refractivity contribution is 6.30. The molecule has 0 amide bonds. The number of carboxylic acids is 1. The second-order valence-electron chi connectivity index (χ2n) is 10.4. The van der Waals surface area contributed by atoms with Crippen LogP contribution in [0.15, 0.2) is 67.0 Å². The van der Waals surface area contributed by atoms with Gasteiger partial charge in [0, 0.05) is 65.3 Å². The molecule has 0 aliphatic carbocycles. The molecule has 214 valence electrons. The number of carbonyl (C=O) groups is 1. The van der Waals surface area contributed by atoms with E-state index < -0.39 is 11.8 Å². The Morgan fingerprint density at radius 2 is 2.02 bits per heavy atom. The molecule has 4 aromatic rings. The van der Waals surface area contributed by atoms with Crippen molar-refractivity contribution in [1.82, 2.24) is 20.1 Å². The lowest BCUT2D eigenvalue weighted by atomic mass is 9.93. The third kappa shape index (κ3) is 7.42. The van der Waals surface area contributed by atoms with Gasteiger partial charge in [-0.15, -0.1) is 0 Å². The van der Waals surface area contributed by atoms with Crippen molar-refractivity contribution in [3.8, 4) is 5.88 Å². The average molecular weight is 578 g/mol. The molecule has 5 rings (SSSR count). The van der Waals surface area contributed by atoms with Gasteiger partial charge in [-0.3, -0.25) is 5.10 Å². The van der Waals surface area contributed by atoms with E-state index in [1.54, 1.807) is 36.5 Å². The molecule has 2 aromatic heterocycles. The topological polar surface area (TPSA) is 94.6 Å². The molecule has 0 bridgehead atoms. The molecule has 1 aliphatic rings. The molecular weight excluding hydrogens is 545 g/mol. The Labute approximate surface area is 243 Å². The maximum absolute atomic E-state index is 14.1. The fraction of sp³-hybridized carbons (Fsp3) is 0.323. The molecule has 0 radical (unpaired) electrons. The summed E-state index contributed by atoms with van der Waals surface area (Å²) in [6.07, 6.45) is 5.60. The fourth-order valence-corrected chi connectivity index (χ4v) is 5.35. The predicted molar refractivity (Wildman–Crippen MR) is 156 cm³/mol. The number of ether oxygens (including phenoxy) is 1. The van der Waals surface area contributed by atoms with Gasteiger partial charge >= 0.3 is 5.97 Å². The quantitative estimate of drug-likeness (QED) is 0.223. The number of nitrogens with one attached hydrogen (secondary N) is 1. The van der Waals surface area contributed by atoms with Crippen molar-refractivity contribution < 1.29 is 19.0 Å². The number of halogens is 2. The summed E-state index contributed by atoms with van der Waals surface area (Å²) in [6.45, 7) is 6.19. The van der Waals surface area contributed by atoms with Crippen LogP contribution in [0.2, 0.25) is 5.02 Å². The van der Waals surface area contributed by atoms with E-state index in [9.17, 15) is 14.3 Å². The van der Waals surface area contributed by atoms with Crippen molar-refractivity contribution in [3.63, 3.8) is 0 Å². The van der Waals surface area contributed by atoms with Gasteiger partial charge in [0.2, 0.25) is 5.88 Å². The lowest BCUT2D eigenvalue weighted by Crippen LogP contribution is -2.39. The monoisotopic (exact) mass is 577 g/mol. The number of carboxylic acid groups (broad SMARTS) is 1. The van der Waals surface area contributed by atoms with E-state index in [2.05, 4.69) is 20.0 Å². The molecule has 1 fully saturated rings. The first-order valence-electron chi connectivity index (χ1n) is 13.7. The first kappa shape index (κ1) is 28.6. The van der Waals surface area contributed by atoms with Crippen LogP contribution in [0.3, 0.4) is 0 Å². The number of anilines is 1. The highest BCUT2D eigenvalue weighted by Crippen LogP contribution is 2.29. The second kappa shape index (κ2) is 13.1. The summed E-state index contributed by atoms with van der Waals surface area (Å²) in [5.41, 5.74) is 4.68. The molecule has 3 heterocycles. The number of likely N-dealkylation sites (tertiary alicyclic amines) is 1. The number of aromatic amines is 1. The highest BCUT2D eigenvalue weighted by Gasteiger charge is 2.23. The predicted octanol–water partition coefficient (Wildman–Crippen LogP) is 6.07. The van der Waals surface area contributed by atoms with E-state index in [4.69, 9.17) is 21.3 Å². The number of piperidine rings is 1. The molecule has 41 heavy (non-hydrogen) atoms. The lowest BCUT2D eigenvalue weighted by Gasteiger charge is -2.34. The number of pyridine rings is 1. The Hall–Kier alpha value is -3.95. The average Bonchev–Trinajstić information content (AvgIpc) is 3.49. The van der Waals surface area contributed by atoms with Gasteiger partial charge in [-0.05, 0) is 68.8 Å². The number of nitrogens with zero attached hydrogens (tertiary/aromatic N) is 4. The van der Waals surface area contributed by atoms with Gasteiger partial charge in [0.25, 0.3) is 0 Å². The molecule has 0 atom stereocenters. The third-order valence-corrected chi connectivity index (χ3v) is 7.79. The van der Waals surface area contributed by atoms with E-state index in [1.807, 2.05) is 31.3 Å². The van der Waals surface area contributed by atoms with E-state index in [1.165, 1.54) is 6.07 Å². The van der Waals surface area contributed by atoms with E-state index in [-0.39, 0.29) is 12.2 Å². The Bertz CT molecular complexity index is 1470. The Balaban J connectivity index is 1.18. The van der Waals surface area contributed by atoms with Crippen molar-refractivity contribution in [2.75, 3.05) is 31.1 Å². The molecular formula is C31H33ClFN5O3. The minimum absolute atomic E-state index is 0.0854. The number of aryl methyl sites for hydroxylation is 1. The lowest BCUT2D eigenvalue weighted by molar-refractivity contribution is 0.0697. The van der Waals surface area contributed by atoms with Crippen LogP contribution < -0.4 is 9.64 Å². The van der Waals surface area contributed by atoms with Gasteiger partial charge in [0.1, 0.15) is 12.4 Å². The largest absolute Gasteiger partial charge is 0.478 e. The maximum atomic E-state index is 14.1. The number of aromatic nitrogens is 3. The van der Waals surface area contributed by atoms with Crippen LogP contribution in [0, 0.1) is 12.7 Å². The van der Waals surface area contributed by atoms with E-state index in [0.29, 0.717) is 28.9 Å².